The Morgan fingerprint density at radius 3 is 2.39 bits per heavy atom. The summed E-state index contributed by atoms with van der Waals surface area (Å²) in [5.41, 5.74) is 2.75. The number of ether oxygens (including phenoxy) is 1. The topological polar surface area (TPSA) is 50.6 Å². The van der Waals surface area contributed by atoms with Crippen molar-refractivity contribution in [1.82, 2.24) is 19.6 Å². The molecule has 0 unspecified atom stereocenters. The number of hydrogen-bond donors (Lipinski definition) is 0. The number of benzene rings is 2. The summed E-state index contributed by atoms with van der Waals surface area (Å²) in [6.45, 7) is 5.19. The highest BCUT2D eigenvalue weighted by molar-refractivity contribution is 5.66. The van der Waals surface area contributed by atoms with Crippen LogP contribution in [0.1, 0.15) is 5.56 Å². The lowest BCUT2D eigenvalue weighted by Crippen LogP contribution is -2.47. The predicted molar refractivity (Wildman–Crippen MR) is 124 cm³/mol. The number of piperazine rings is 1. The van der Waals surface area contributed by atoms with Gasteiger partial charge >= 0.3 is 0 Å². The van der Waals surface area contributed by atoms with Gasteiger partial charge in [0, 0.05) is 44.4 Å². The highest BCUT2D eigenvalue weighted by Crippen LogP contribution is 2.27. The molecule has 0 atom stereocenters. The first kappa shape index (κ1) is 21.0. The van der Waals surface area contributed by atoms with Gasteiger partial charge in [-0.25, -0.2) is 4.68 Å². The van der Waals surface area contributed by atoms with Crippen LogP contribution in [0, 0.1) is 0 Å². The maximum atomic E-state index is 12.4. The number of hydrogen-bond acceptors (Lipinski definition) is 5. The molecule has 0 amide bonds. The molecule has 0 N–H and O–H groups in total. The van der Waals surface area contributed by atoms with Gasteiger partial charge in [-0.2, -0.15) is 5.10 Å². The third-order valence-electron chi connectivity index (χ3n) is 5.52. The SMILES string of the molecule is COc1ccccc1-c1ccc(=O)n(CN2CCN(C/C=C/c3ccccc3)CC2)n1. The van der Waals surface area contributed by atoms with Crippen LogP contribution in [0.2, 0.25) is 0 Å². The summed E-state index contributed by atoms with van der Waals surface area (Å²) >= 11 is 0. The molecule has 2 heterocycles. The molecule has 0 aliphatic carbocycles. The molecule has 1 aliphatic rings. The van der Waals surface area contributed by atoms with Gasteiger partial charge in [0.15, 0.2) is 0 Å². The van der Waals surface area contributed by atoms with Gasteiger partial charge in [0.2, 0.25) is 0 Å². The average molecular weight is 417 g/mol. The minimum Gasteiger partial charge on any atom is -0.496 e. The lowest BCUT2D eigenvalue weighted by molar-refractivity contribution is 0.109. The fourth-order valence-corrected chi connectivity index (χ4v) is 3.75. The second kappa shape index (κ2) is 10.2. The first-order chi connectivity index (χ1) is 15.2. The zero-order chi connectivity index (χ0) is 21.5. The van der Waals surface area contributed by atoms with Gasteiger partial charge in [0.25, 0.3) is 5.56 Å². The Hall–Kier alpha value is -3.22. The molecular formula is C25H28N4O2. The maximum absolute atomic E-state index is 12.4. The summed E-state index contributed by atoms with van der Waals surface area (Å²) in [7, 11) is 1.64. The number of nitrogens with zero attached hydrogens (tertiary/aromatic N) is 4. The summed E-state index contributed by atoms with van der Waals surface area (Å²) in [5.74, 6) is 0.748. The third-order valence-corrected chi connectivity index (χ3v) is 5.52. The van der Waals surface area contributed by atoms with Gasteiger partial charge in [0.05, 0.1) is 19.5 Å². The number of methoxy groups -OCH3 is 1. The Balaban J connectivity index is 1.35. The summed E-state index contributed by atoms with van der Waals surface area (Å²) in [6.07, 6.45) is 4.38. The van der Waals surface area contributed by atoms with Crippen molar-refractivity contribution in [1.29, 1.82) is 0 Å². The smallest absolute Gasteiger partial charge is 0.268 e. The Morgan fingerprint density at radius 2 is 1.61 bits per heavy atom. The first-order valence-electron chi connectivity index (χ1n) is 10.6. The standard InChI is InChI=1S/C25H28N4O2/c1-31-24-12-6-5-11-22(24)23-13-14-25(30)29(26-23)20-28-18-16-27(17-19-28)15-7-10-21-8-3-2-4-9-21/h2-14H,15-20H2,1H3/b10-7+. The molecule has 0 radical (unpaired) electrons. The Bertz CT molecular complexity index is 1070. The largest absolute Gasteiger partial charge is 0.496 e. The summed E-state index contributed by atoms with van der Waals surface area (Å²) < 4.78 is 6.99. The van der Waals surface area contributed by atoms with Crippen LogP contribution in [0.4, 0.5) is 0 Å². The van der Waals surface area contributed by atoms with E-state index in [-0.39, 0.29) is 5.56 Å². The van der Waals surface area contributed by atoms with Crippen molar-refractivity contribution in [3.8, 4) is 17.0 Å². The Morgan fingerprint density at radius 1 is 0.903 bits per heavy atom. The fraction of sp³-hybridized carbons (Fsp3) is 0.280. The maximum Gasteiger partial charge on any atom is 0.268 e. The van der Waals surface area contributed by atoms with Crippen molar-refractivity contribution < 1.29 is 4.74 Å². The van der Waals surface area contributed by atoms with Crippen molar-refractivity contribution in [2.24, 2.45) is 0 Å². The number of aromatic nitrogens is 2. The molecule has 6 nitrogen and oxygen atoms in total. The van der Waals surface area contributed by atoms with Crippen LogP contribution in [-0.2, 0) is 6.67 Å². The predicted octanol–water partition coefficient (Wildman–Crippen LogP) is 3.21. The Labute approximate surface area is 183 Å². The highest BCUT2D eigenvalue weighted by Gasteiger charge is 2.17. The van der Waals surface area contributed by atoms with Gasteiger partial charge in [-0.1, -0.05) is 54.6 Å². The molecule has 0 bridgehead atoms. The van der Waals surface area contributed by atoms with Crippen LogP contribution in [0.3, 0.4) is 0 Å². The molecule has 4 rings (SSSR count). The van der Waals surface area contributed by atoms with E-state index in [0.29, 0.717) is 6.67 Å². The van der Waals surface area contributed by atoms with E-state index in [0.717, 1.165) is 49.7 Å². The van der Waals surface area contributed by atoms with E-state index in [1.165, 1.54) is 5.56 Å². The molecule has 2 aromatic carbocycles. The molecule has 0 spiro atoms. The second-order valence-corrected chi connectivity index (χ2v) is 7.63. The molecular weight excluding hydrogens is 388 g/mol. The lowest BCUT2D eigenvalue weighted by atomic mass is 10.1. The zero-order valence-electron chi connectivity index (χ0n) is 17.9. The number of para-hydroxylation sites is 1. The van der Waals surface area contributed by atoms with Gasteiger partial charge in [-0.15, -0.1) is 0 Å². The van der Waals surface area contributed by atoms with Crippen LogP contribution >= 0.6 is 0 Å². The molecule has 3 aromatic rings. The van der Waals surface area contributed by atoms with Crippen LogP contribution < -0.4 is 10.3 Å². The van der Waals surface area contributed by atoms with Crippen molar-refractivity contribution in [2.45, 2.75) is 6.67 Å². The highest BCUT2D eigenvalue weighted by atomic mass is 16.5. The fourth-order valence-electron chi connectivity index (χ4n) is 3.75. The van der Waals surface area contributed by atoms with E-state index in [9.17, 15) is 4.79 Å². The van der Waals surface area contributed by atoms with E-state index >= 15 is 0 Å². The first-order valence-corrected chi connectivity index (χ1v) is 10.6. The van der Waals surface area contributed by atoms with Gasteiger partial charge in [-0.3, -0.25) is 14.6 Å². The molecule has 0 saturated carbocycles. The quantitative estimate of drug-likeness (QED) is 0.592. The van der Waals surface area contributed by atoms with E-state index in [4.69, 9.17) is 4.74 Å². The molecule has 1 aromatic heterocycles. The van der Waals surface area contributed by atoms with Crippen molar-refractivity contribution in [3.05, 3.63) is 88.7 Å². The van der Waals surface area contributed by atoms with Gasteiger partial charge in [0.1, 0.15) is 5.75 Å². The number of rotatable bonds is 7. The van der Waals surface area contributed by atoms with E-state index in [2.05, 4.69) is 51.3 Å². The Kier molecular flexibility index (Phi) is 6.92. The average Bonchev–Trinajstić information content (AvgIpc) is 2.82. The van der Waals surface area contributed by atoms with Crippen molar-refractivity contribution >= 4 is 6.08 Å². The lowest BCUT2D eigenvalue weighted by Gasteiger charge is -2.34. The summed E-state index contributed by atoms with van der Waals surface area (Å²) in [5, 5.41) is 4.61. The van der Waals surface area contributed by atoms with Crippen LogP contribution in [-0.4, -0.2) is 59.4 Å². The molecule has 6 heteroatoms. The van der Waals surface area contributed by atoms with Crippen LogP contribution in [0.25, 0.3) is 17.3 Å². The molecule has 1 saturated heterocycles. The molecule has 160 valence electrons. The van der Waals surface area contributed by atoms with Gasteiger partial charge < -0.3 is 4.74 Å². The van der Waals surface area contributed by atoms with Crippen LogP contribution in [0.5, 0.6) is 5.75 Å². The minimum atomic E-state index is -0.0909. The second-order valence-electron chi connectivity index (χ2n) is 7.63. The van der Waals surface area contributed by atoms with E-state index in [1.54, 1.807) is 23.9 Å². The normalized spacial score (nSPS) is 15.4. The minimum absolute atomic E-state index is 0.0909. The molecule has 1 aliphatic heterocycles. The van der Waals surface area contributed by atoms with Gasteiger partial charge in [-0.05, 0) is 23.8 Å². The summed E-state index contributed by atoms with van der Waals surface area (Å²) in [6, 6.07) is 21.4. The van der Waals surface area contributed by atoms with E-state index in [1.807, 2.05) is 30.3 Å². The molecule has 1 fully saturated rings. The van der Waals surface area contributed by atoms with Crippen molar-refractivity contribution in [2.75, 3.05) is 39.8 Å². The van der Waals surface area contributed by atoms with Crippen molar-refractivity contribution in [3.63, 3.8) is 0 Å². The monoisotopic (exact) mass is 416 g/mol. The third kappa shape index (κ3) is 5.48. The van der Waals surface area contributed by atoms with E-state index < -0.39 is 0 Å². The summed E-state index contributed by atoms with van der Waals surface area (Å²) in [4.78, 5) is 17.1. The molecule has 31 heavy (non-hydrogen) atoms. The van der Waals surface area contributed by atoms with Crippen LogP contribution in [0.15, 0.2) is 77.6 Å². The zero-order valence-corrected chi connectivity index (χ0v) is 17.9.